The maximum Gasteiger partial charge on any atom is 0.0544 e. The van der Waals surface area contributed by atoms with Crippen LogP contribution in [0.15, 0.2) is 18.3 Å². The predicted molar refractivity (Wildman–Crippen MR) is 73.5 cm³/mol. The Bertz CT molecular complexity index is 344. The van der Waals surface area contributed by atoms with Crippen molar-refractivity contribution in [3.05, 3.63) is 29.6 Å². The van der Waals surface area contributed by atoms with Gasteiger partial charge in [0.2, 0.25) is 0 Å². The van der Waals surface area contributed by atoms with Gasteiger partial charge in [-0.1, -0.05) is 13.0 Å². The summed E-state index contributed by atoms with van der Waals surface area (Å²) in [6, 6.07) is 4.33. The summed E-state index contributed by atoms with van der Waals surface area (Å²) in [7, 11) is 2.17. The molecule has 1 aromatic heterocycles. The third kappa shape index (κ3) is 4.07. The first-order chi connectivity index (χ1) is 8.78. The molecule has 0 unspecified atom stereocenters. The Morgan fingerprint density at radius 2 is 2.33 bits per heavy atom. The van der Waals surface area contributed by atoms with Crippen molar-refractivity contribution in [1.82, 2.24) is 9.88 Å². The van der Waals surface area contributed by atoms with Crippen molar-refractivity contribution < 1.29 is 4.74 Å². The first kappa shape index (κ1) is 13.5. The minimum Gasteiger partial charge on any atom is -0.381 e. The fourth-order valence-corrected chi connectivity index (χ4v) is 2.49. The Morgan fingerprint density at radius 3 is 2.94 bits per heavy atom. The zero-order valence-corrected chi connectivity index (χ0v) is 11.6. The number of hydrogen-bond acceptors (Lipinski definition) is 3. The lowest BCUT2D eigenvalue weighted by molar-refractivity contribution is 0.0410. The van der Waals surface area contributed by atoms with Crippen molar-refractivity contribution >= 4 is 0 Å². The highest BCUT2D eigenvalue weighted by Gasteiger charge is 2.16. The molecule has 1 fully saturated rings. The van der Waals surface area contributed by atoms with Crippen molar-refractivity contribution in [2.75, 3.05) is 26.8 Å². The summed E-state index contributed by atoms with van der Waals surface area (Å²) in [5.41, 5.74) is 2.47. The molecule has 1 aliphatic heterocycles. The highest BCUT2D eigenvalue weighted by Crippen LogP contribution is 2.15. The number of ether oxygens (including phenoxy) is 1. The number of pyridine rings is 1. The van der Waals surface area contributed by atoms with E-state index in [0.717, 1.165) is 38.4 Å². The number of rotatable bonds is 5. The van der Waals surface area contributed by atoms with Gasteiger partial charge in [-0.3, -0.25) is 4.98 Å². The van der Waals surface area contributed by atoms with Crippen molar-refractivity contribution in [2.24, 2.45) is 5.92 Å². The summed E-state index contributed by atoms with van der Waals surface area (Å²) in [5, 5.41) is 0. The van der Waals surface area contributed by atoms with Gasteiger partial charge in [0.25, 0.3) is 0 Å². The van der Waals surface area contributed by atoms with Crippen LogP contribution in [0.5, 0.6) is 0 Å². The molecule has 0 spiro atoms. The Morgan fingerprint density at radius 1 is 1.44 bits per heavy atom. The SMILES string of the molecule is CCc1ccc(CN(C)C[C@@H]2CCCOC2)nc1. The molecule has 1 atom stereocenters. The van der Waals surface area contributed by atoms with Gasteiger partial charge in [0.05, 0.1) is 12.3 Å². The Balaban J connectivity index is 1.80. The molecule has 0 saturated carbocycles. The van der Waals surface area contributed by atoms with Gasteiger partial charge >= 0.3 is 0 Å². The molecule has 1 saturated heterocycles. The van der Waals surface area contributed by atoms with Gasteiger partial charge in [0.15, 0.2) is 0 Å². The summed E-state index contributed by atoms with van der Waals surface area (Å²) >= 11 is 0. The van der Waals surface area contributed by atoms with E-state index in [0.29, 0.717) is 5.92 Å². The highest BCUT2D eigenvalue weighted by molar-refractivity contribution is 5.13. The van der Waals surface area contributed by atoms with E-state index in [1.807, 2.05) is 6.20 Å². The van der Waals surface area contributed by atoms with Crippen LogP contribution in [0.1, 0.15) is 31.0 Å². The zero-order valence-electron chi connectivity index (χ0n) is 11.6. The van der Waals surface area contributed by atoms with Gasteiger partial charge in [-0.15, -0.1) is 0 Å². The monoisotopic (exact) mass is 248 g/mol. The molecule has 3 heteroatoms. The van der Waals surface area contributed by atoms with Crippen LogP contribution in [0.2, 0.25) is 0 Å². The lowest BCUT2D eigenvalue weighted by atomic mass is 10.0. The highest BCUT2D eigenvalue weighted by atomic mass is 16.5. The quantitative estimate of drug-likeness (QED) is 0.800. The first-order valence-electron chi connectivity index (χ1n) is 6.98. The van der Waals surface area contributed by atoms with Crippen LogP contribution in [0.3, 0.4) is 0 Å². The molecule has 2 heterocycles. The maximum atomic E-state index is 5.52. The van der Waals surface area contributed by atoms with Crippen LogP contribution in [-0.2, 0) is 17.7 Å². The Labute approximate surface area is 110 Å². The van der Waals surface area contributed by atoms with E-state index in [1.165, 1.54) is 18.4 Å². The van der Waals surface area contributed by atoms with E-state index in [9.17, 15) is 0 Å². The lowest BCUT2D eigenvalue weighted by Gasteiger charge is -2.26. The second-order valence-electron chi connectivity index (χ2n) is 5.29. The van der Waals surface area contributed by atoms with E-state index in [2.05, 4.69) is 36.0 Å². The predicted octanol–water partition coefficient (Wildman–Crippen LogP) is 2.50. The summed E-state index contributed by atoms with van der Waals surface area (Å²) in [4.78, 5) is 6.86. The standard InChI is InChI=1S/C15H24N2O/c1-3-13-6-7-15(16-9-13)11-17(2)10-14-5-4-8-18-12-14/h6-7,9,14H,3-5,8,10-12H2,1-2H3/t14-/m0/s1. The van der Waals surface area contributed by atoms with Gasteiger partial charge < -0.3 is 9.64 Å². The Hall–Kier alpha value is -0.930. The summed E-state index contributed by atoms with van der Waals surface area (Å²) in [6.45, 7) is 6.07. The van der Waals surface area contributed by atoms with Gasteiger partial charge in [-0.25, -0.2) is 0 Å². The van der Waals surface area contributed by atoms with E-state index in [-0.39, 0.29) is 0 Å². The van der Waals surface area contributed by atoms with Crippen molar-refractivity contribution in [3.63, 3.8) is 0 Å². The molecule has 0 bridgehead atoms. The van der Waals surface area contributed by atoms with Crippen molar-refractivity contribution in [3.8, 4) is 0 Å². The number of nitrogens with zero attached hydrogens (tertiary/aromatic N) is 2. The molecule has 1 aliphatic rings. The maximum absolute atomic E-state index is 5.52. The van der Waals surface area contributed by atoms with Crippen LogP contribution >= 0.6 is 0 Å². The summed E-state index contributed by atoms with van der Waals surface area (Å²) < 4.78 is 5.52. The number of aryl methyl sites for hydroxylation is 1. The lowest BCUT2D eigenvalue weighted by Crippen LogP contribution is -2.30. The summed E-state index contributed by atoms with van der Waals surface area (Å²) in [5.74, 6) is 0.693. The van der Waals surface area contributed by atoms with Gasteiger partial charge in [-0.05, 0) is 43.9 Å². The van der Waals surface area contributed by atoms with Gasteiger partial charge in [0, 0.05) is 25.9 Å². The minimum atomic E-state index is 0.693. The first-order valence-corrected chi connectivity index (χ1v) is 6.98. The number of hydrogen-bond donors (Lipinski definition) is 0. The second kappa shape index (κ2) is 6.86. The van der Waals surface area contributed by atoms with Crippen LogP contribution in [0, 0.1) is 5.92 Å². The molecule has 0 amide bonds. The molecule has 0 aromatic carbocycles. The largest absolute Gasteiger partial charge is 0.381 e. The van der Waals surface area contributed by atoms with Crippen molar-refractivity contribution in [1.29, 1.82) is 0 Å². The van der Waals surface area contributed by atoms with E-state index in [4.69, 9.17) is 4.74 Å². The molecule has 2 rings (SSSR count). The van der Waals surface area contributed by atoms with Crippen LogP contribution in [0.25, 0.3) is 0 Å². The smallest absolute Gasteiger partial charge is 0.0544 e. The molecule has 0 aliphatic carbocycles. The van der Waals surface area contributed by atoms with Crippen LogP contribution in [-0.4, -0.2) is 36.7 Å². The molecule has 100 valence electrons. The molecule has 18 heavy (non-hydrogen) atoms. The Kier molecular flexibility index (Phi) is 5.14. The zero-order chi connectivity index (χ0) is 12.8. The molecular weight excluding hydrogens is 224 g/mol. The molecular formula is C15H24N2O. The van der Waals surface area contributed by atoms with E-state index < -0.39 is 0 Å². The molecule has 1 aromatic rings. The topological polar surface area (TPSA) is 25.4 Å². The van der Waals surface area contributed by atoms with Gasteiger partial charge in [0.1, 0.15) is 0 Å². The molecule has 3 nitrogen and oxygen atoms in total. The van der Waals surface area contributed by atoms with Gasteiger partial charge in [-0.2, -0.15) is 0 Å². The number of aromatic nitrogens is 1. The van der Waals surface area contributed by atoms with Crippen molar-refractivity contribution in [2.45, 2.75) is 32.7 Å². The average molecular weight is 248 g/mol. The van der Waals surface area contributed by atoms with E-state index in [1.54, 1.807) is 0 Å². The second-order valence-corrected chi connectivity index (χ2v) is 5.29. The molecule has 0 radical (unpaired) electrons. The van der Waals surface area contributed by atoms with Crippen LogP contribution < -0.4 is 0 Å². The molecule has 0 N–H and O–H groups in total. The van der Waals surface area contributed by atoms with E-state index >= 15 is 0 Å². The summed E-state index contributed by atoms with van der Waals surface area (Å²) in [6.07, 6.45) is 5.56. The van der Waals surface area contributed by atoms with Crippen LogP contribution in [0.4, 0.5) is 0 Å². The fraction of sp³-hybridized carbons (Fsp3) is 0.667. The average Bonchev–Trinajstić information content (AvgIpc) is 2.40. The fourth-order valence-electron chi connectivity index (χ4n) is 2.49. The minimum absolute atomic E-state index is 0.693. The normalized spacial score (nSPS) is 20.3. The third-order valence-electron chi connectivity index (χ3n) is 3.55. The third-order valence-corrected chi connectivity index (χ3v) is 3.55.